The Hall–Kier alpha value is -2.47. The van der Waals surface area contributed by atoms with Crippen LogP contribution in [0.3, 0.4) is 0 Å². The van der Waals surface area contributed by atoms with Gasteiger partial charge in [0, 0.05) is 34.1 Å². The second-order valence-electron chi connectivity index (χ2n) is 11.3. The molecule has 0 heterocycles. The number of amides is 1. The average Bonchev–Trinajstić information content (AvgIpc) is 2.72. The van der Waals surface area contributed by atoms with Crippen molar-refractivity contribution in [1.82, 2.24) is 0 Å². The van der Waals surface area contributed by atoms with Crippen molar-refractivity contribution in [1.29, 1.82) is 0 Å². The summed E-state index contributed by atoms with van der Waals surface area (Å²) in [6, 6.07) is 11.9. The summed E-state index contributed by atoms with van der Waals surface area (Å²) in [4.78, 5) is 26.4. The zero-order valence-electron chi connectivity index (χ0n) is 22.7. The van der Waals surface area contributed by atoms with Crippen LogP contribution in [-0.2, 0) is 28.2 Å². The molecule has 0 saturated carbocycles. The Morgan fingerprint density at radius 2 is 1.63 bits per heavy atom. The van der Waals surface area contributed by atoms with Crippen molar-refractivity contribution in [3.05, 3.63) is 58.7 Å². The van der Waals surface area contributed by atoms with Gasteiger partial charge < -0.3 is 14.7 Å². The fourth-order valence-corrected chi connectivity index (χ4v) is 4.69. The van der Waals surface area contributed by atoms with Crippen molar-refractivity contribution in [3.63, 3.8) is 0 Å². The molecule has 2 aromatic carbocycles. The number of carbonyl (C=O) groups excluding carboxylic acids is 1. The van der Waals surface area contributed by atoms with Gasteiger partial charge >= 0.3 is 5.97 Å². The van der Waals surface area contributed by atoms with Crippen LogP contribution >= 0.6 is 11.8 Å². The first kappa shape index (κ1) is 28.8. The van der Waals surface area contributed by atoms with Crippen LogP contribution in [0.25, 0.3) is 0 Å². The maximum atomic E-state index is 13.3. The predicted molar refractivity (Wildman–Crippen MR) is 147 cm³/mol. The zero-order valence-corrected chi connectivity index (χ0v) is 23.5. The first-order chi connectivity index (χ1) is 16.1. The molecule has 0 unspecified atom stereocenters. The first-order valence-electron chi connectivity index (χ1n) is 12.1. The summed E-state index contributed by atoms with van der Waals surface area (Å²) >= 11 is 1.86. The number of nitrogens with zero attached hydrogens (tertiary/aromatic N) is 1. The van der Waals surface area contributed by atoms with Gasteiger partial charge in [-0.3, -0.25) is 9.59 Å². The molecule has 0 saturated heterocycles. The smallest absolute Gasteiger partial charge is 0.307 e. The van der Waals surface area contributed by atoms with Crippen LogP contribution < -0.4 is 9.64 Å². The largest absolute Gasteiger partial charge is 0.496 e. The van der Waals surface area contributed by atoms with Gasteiger partial charge in [-0.25, -0.2) is 0 Å². The van der Waals surface area contributed by atoms with E-state index in [1.807, 2.05) is 69.5 Å². The third-order valence-electron chi connectivity index (χ3n) is 5.59. The van der Waals surface area contributed by atoms with E-state index in [9.17, 15) is 14.7 Å². The average molecular weight is 500 g/mol. The summed E-state index contributed by atoms with van der Waals surface area (Å²) in [5.74, 6) is 0.784. The van der Waals surface area contributed by atoms with Crippen molar-refractivity contribution in [2.24, 2.45) is 5.41 Å². The molecular weight excluding hydrogens is 458 g/mol. The van der Waals surface area contributed by atoms with Crippen LogP contribution in [0, 0.1) is 5.41 Å². The summed E-state index contributed by atoms with van der Waals surface area (Å²) in [5, 5.41) is 9.23. The minimum absolute atomic E-state index is 0.0269. The van der Waals surface area contributed by atoms with Gasteiger partial charge in [-0.15, -0.1) is 0 Å². The molecular formula is C29H41NO4S. The minimum atomic E-state index is -0.856. The third-order valence-corrected chi connectivity index (χ3v) is 6.91. The van der Waals surface area contributed by atoms with Gasteiger partial charge in [0.2, 0.25) is 5.91 Å². The summed E-state index contributed by atoms with van der Waals surface area (Å²) in [5.41, 5.74) is 4.43. The maximum absolute atomic E-state index is 13.3. The van der Waals surface area contributed by atoms with E-state index in [1.165, 1.54) is 5.56 Å². The highest BCUT2D eigenvalue weighted by atomic mass is 32.2. The van der Waals surface area contributed by atoms with Crippen LogP contribution in [0.15, 0.2) is 36.4 Å². The van der Waals surface area contributed by atoms with Gasteiger partial charge in [-0.1, -0.05) is 59.7 Å². The van der Waals surface area contributed by atoms with E-state index in [0.717, 1.165) is 33.9 Å². The first-order valence-corrected chi connectivity index (χ1v) is 13.1. The molecule has 0 radical (unpaired) electrons. The second-order valence-corrected chi connectivity index (χ2v) is 13.1. The fraction of sp³-hybridized carbons (Fsp3) is 0.517. The zero-order chi connectivity index (χ0) is 26.6. The van der Waals surface area contributed by atoms with E-state index in [4.69, 9.17) is 4.74 Å². The molecule has 35 heavy (non-hydrogen) atoms. The molecule has 0 bridgehead atoms. The van der Waals surface area contributed by atoms with Gasteiger partial charge in [0.05, 0.1) is 13.5 Å². The van der Waals surface area contributed by atoms with Crippen LogP contribution in [-0.4, -0.2) is 34.9 Å². The molecule has 0 aliphatic rings. The molecule has 0 aliphatic carbocycles. The lowest BCUT2D eigenvalue weighted by Gasteiger charge is -2.33. The van der Waals surface area contributed by atoms with E-state index in [0.29, 0.717) is 6.42 Å². The Labute approximate surface area is 215 Å². The number of hydrogen-bond acceptors (Lipinski definition) is 4. The molecule has 2 aromatic rings. The van der Waals surface area contributed by atoms with Crippen LogP contribution in [0.5, 0.6) is 5.75 Å². The number of carboxylic acid groups (broad SMARTS) is 1. The Morgan fingerprint density at radius 3 is 2.14 bits per heavy atom. The highest BCUT2D eigenvalue weighted by Gasteiger charge is 2.30. The molecule has 0 aromatic heterocycles. The van der Waals surface area contributed by atoms with Gasteiger partial charge in [-0.2, -0.15) is 11.8 Å². The topological polar surface area (TPSA) is 66.8 Å². The van der Waals surface area contributed by atoms with Crippen LogP contribution in [0.2, 0.25) is 0 Å². The molecule has 0 fully saturated rings. The Kier molecular flexibility index (Phi) is 9.46. The van der Waals surface area contributed by atoms with E-state index in [-0.39, 0.29) is 23.1 Å². The lowest BCUT2D eigenvalue weighted by atomic mass is 9.93. The van der Waals surface area contributed by atoms with Crippen molar-refractivity contribution in [2.75, 3.05) is 12.0 Å². The normalized spacial score (nSPS) is 12.1. The van der Waals surface area contributed by atoms with Crippen molar-refractivity contribution >= 4 is 29.3 Å². The van der Waals surface area contributed by atoms with Gasteiger partial charge in [-0.05, 0) is 54.3 Å². The Balaban J connectivity index is 2.55. The number of thioether (sulfide) groups is 1. The number of benzene rings is 2. The van der Waals surface area contributed by atoms with E-state index >= 15 is 0 Å². The van der Waals surface area contributed by atoms with E-state index in [1.54, 1.807) is 13.2 Å². The van der Waals surface area contributed by atoms with E-state index in [2.05, 4.69) is 32.9 Å². The standard InChI is InChI=1S/C29H41NO4S/c1-19(2)30(27(33)28(3,4)5)24-12-11-21(23(17-24)18-35-29(6,7)8)16-22-14-20(15-26(31)32)10-13-25(22)34-9/h10-14,17,19H,15-16,18H2,1-9H3,(H,31,32). The molecule has 1 N–H and O–H groups in total. The summed E-state index contributed by atoms with van der Waals surface area (Å²) < 4.78 is 5.68. The predicted octanol–water partition coefficient (Wildman–Crippen LogP) is 6.73. The molecule has 5 nitrogen and oxygen atoms in total. The number of carbonyl (C=O) groups is 2. The summed E-state index contributed by atoms with van der Waals surface area (Å²) in [6.07, 6.45) is 0.590. The number of carboxylic acids is 1. The molecule has 0 atom stereocenters. The summed E-state index contributed by atoms with van der Waals surface area (Å²) in [7, 11) is 1.63. The van der Waals surface area contributed by atoms with E-state index < -0.39 is 11.4 Å². The third kappa shape index (κ3) is 8.31. The maximum Gasteiger partial charge on any atom is 0.307 e. The lowest BCUT2D eigenvalue weighted by molar-refractivity contribution is -0.136. The Morgan fingerprint density at radius 1 is 0.971 bits per heavy atom. The SMILES string of the molecule is COc1ccc(CC(=O)O)cc1Cc1ccc(N(C(=O)C(C)(C)C)C(C)C)cc1CSC(C)(C)C. The van der Waals surface area contributed by atoms with Crippen LogP contribution in [0.4, 0.5) is 5.69 Å². The molecule has 1 amide bonds. The lowest BCUT2D eigenvalue weighted by Crippen LogP contribution is -2.43. The molecule has 192 valence electrons. The molecule has 0 spiro atoms. The van der Waals surface area contributed by atoms with Gasteiger partial charge in [0.15, 0.2) is 0 Å². The quantitative estimate of drug-likeness (QED) is 0.414. The van der Waals surface area contributed by atoms with Crippen molar-refractivity contribution in [3.8, 4) is 5.75 Å². The van der Waals surface area contributed by atoms with Gasteiger partial charge in [0.25, 0.3) is 0 Å². The molecule has 2 rings (SSSR count). The second kappa shape index (κ2) is 11.5. The molecule has 0 aliphatic heterocycles. The number of rotatable bonds is 9. The summed E-state index contributed by atoms with van der Waals surface area (Å²) in [6.45, 7) is 16.5. The minimum Gasteiger partial charge on any atom is -0.496 e. The number of methoxy groups -OCH3 is 1. The highest BCUT2D eigenvalue weighted by molar-refractivity contribution is 7.99. The number of anilines is 1. The Bertz CT molecular complexity index is 1050. The number of ether oxygens (including phenoxy) is 1. The van der Waals surface area contributed by atoms with Crippen molar-refractivity contribution in [2.45, 2.75) is 84.8 Å². The number of aliphatic carboxylic acids is 1. The van der Waals surface area contributed by atoms with Gasteiger partial charge in [0.1, 0.15) is 5.75 Å². The molecule has 6 heteroatoms. The van der Waals surface area contributed by atoms with Crippen molar-refractivity contribution < 1.29 is 19.4 Å². The highest BCUT2D eigenvalue weighted by Crippen LogP contribution is 2.34. The fourth-order valence-electron chi connectivity index (χ4n) is 3.83. The number of hydrogen-bond donors (Lipinski definition) is 1. The monoisotopic (exact) mass is 499 g/mol. The van der Waals surface area contributed by atoms with Crippen LogP contribution in [0.1, 0.15) is 77.6 Å².